The Morgan fingerprint density at radius 1 is 1.08 bits per heavy atom. The second kappa shape index (κ2) is 7.10. The van der Waals surface area contributed by atoms with E-state index in [1.807, 2.05) is 12.2 Å². The lowest BCUT2D eigenvalue weighted by Gasteiger charge is -2.13. The van der Waals surface area contributed by atoms with Crippen LogP contribution in [0.5, 0.6) is 0 Å². The molecule has 0 aromatic carbocycles. The molecule has 13 heavy (non-hydrogen) atoms. The third-order valence-electron chi connectivity index (χ3n) is 2.53. The Morgan fingerprint density at radius 2 is 1.77 bits per heavy atom. The quantitative estimate of drug-likeness (QED) is 0.536. The van der Waals surface area contributed by atoms with Crippen LogP contribution in [0.15, 0.2) is 12.2 Å². The summed E-state index contributed by atoms with van der Waals surface area (Å²) in [5.74, 6) is 0. The molecular weight excluding hydrogens is 162 g/mol. The van der Waals surface area contributed by atoms with E-state index in [4.69, 9.17) is 10.5 Å². The van der Waals surface area contributed by atoms with Gasteiger partial charge in [0.15, 0.2) is 0 Å². The topological polar surface area (TPSA) is 35.2 Å². The van der Waals surface area contributed by atoms with Crippen LogP contribution in [0.4, 0.5) is 0 Å². The minimum atomic E-state index is 0.505. The van der Waals surface area contributed by atoms with Gasteiger partial charge in [0.25, 0.3) is 0 Å². The van der Waals surface area contributed by atoms with Crippen molar-refractivity contribution in [2.75, 3.05) is 13.2 Å². The summed E-state index contributed by atoms with van der Waals surface area (Å²) in [7, 11) is 0. The number of nitrogens with two attached hydrogens (primary N) is 1. The summed E-state index contributed by atoms with van der Waals surface area (Å²) >= 11 is 0. The zero-order valence-corrected chi connectivity index (χ0v) is 8.37. The highest BCUT2D eigenvalue weighted by Gasteiger charge is 2.11. The van der Waals surface area contributed by atoms with Crippen LogP contribution in [0.2, 0.25) is 0 Å². The van der Waals surface area contributed by atoms with E-state index < -0.39 is 0 Å². The van der Waals surface area contributed by atoms with Crippen LogP contribution >= 0.6 is 0 Å². The van der Waals surface area contributed by atoms with Crippen molar-refractivity contribution in [3.63, 3.8) is 0 Å². The maximum absolute atomic E-state index is 5.72. The summed E-state index contributed by atoms with van der Waals surface area (Å²) in [6.45, 7) is 1.36. The smallest absolute Gasteiger partial charge is 0.0651 e. The zero-order chi connectivity index (χ0) is 9.36. The van der Waals surface area contributed by atoms with E-state index in [0.717, 1.165) is 6.61 Å². The van der Waals surface area contributed by atoms with Gasteiger partial charge in [0, 0.05) is 6.54 Å². The monoisotopic (exact) mass is 183 g/mol. The maximum Gasteiger partial charge on any atom is 0.0651 e. The molecule has 2 N–H and O–H groups in total. The summed E-state index contributed by atoms with van der Waals surface area (Å²) in [6.07, 6.45) is 12.4. The molecule has 0 bridgehead atoms. The summed E-state index contributed by atoms with van der Waals surface area (Å²) in [5, 5.41) is 0. The molecule has 0 amide bonds. The fraction of sp³-hybridized carbons (Fsp3) is 0.818. The van der Waals surface area contributed by atoms with Gasteiger partial charge in [0.2, 0.25) is 0 Å². The van der Waals surface area contributed by atoms with Gasteiger partial charge in [0.1, 0.15) is 0 Å². The molecule has 0 aromatic heterocycles. The van der Waals surface area contributed by atoms with Gasteiger partial charge in [-0.3, -0.25) is 0 Å². The molecule has 1 aliphatic carbocycles. The Bertz CT molecular complexity index is 137. The first kappa shape index (κ1) is 10.7. The van der Waals surface area contributed by atoms with E-state index in [1.165, 1.54) is 38.5 Å². The predicted molar refractivity (Wildman–Crippen MR) is 55.6 cm³/mol. The van der Waals surface area contributed by atoms with Crippen molar-refractivity contribution in [2.24, 2.45) is 5.73 Å². The number of ether oxygens (including phenoxy) is 1. The van der Waals surface area contributed by atoms with Crippen LogP contribution in [-0.2, 0) is 4.74 Å². The average Bonchev–Trinajstić information content (AvgIpc) is 2.41. The Morgan fingerprint density at radius 3 is 2.38 bits per heavy atom. The second-order valence-electron chi connectivity index (χ2n) is 3.65. The van der Waals surface area contributed by atoms with Gasteiger partial charge in [-0.25, -0.2) is 0 Å². The Hall–Kier alpha value is -0.340. The van der Waals surface area contributed by atoms with Gasteiger partial charge < -0.3 is 10.5 Å². The van der Waals surface area contributed by atoms with Crippen molar-refractivity contribution in [3.8, 4) is 0 Å². The minimum absolute atomic E-state index is 0.505. The van der Waals surface area contributed by atoms with Crippen LogP contribution < -0.4 is 5.73 Å². The molecule has 2 heteroatoms. The Labute approximate surface area is 81.1 Å². The Kier molecular flexibility index (Phi) is 5.87. The van der Waals surface area contributed by atoms with E-state index >= 15 is 0 Å². The first-order chi connectivity index (χ1) is 6.43. The third-order valence-corrected chi connectivity index (χ3v) is 2.53. The van der Waals surface area contributed by atoms with Gasteiger partial charge in [-0.15, -0.1) is 0 Å². The molecule has 1 rings (SSSR count). The third kappa shape index (κ3) is 5.06. The highest BCUT2D eigenvalue weighted by atomic mass is 16.5. The van der Waals surface area contributed by atoms with Gasteiger partial charge in [-0.1, -0.05) is 37.8 Å². The van der Waals surface area contributed by atoms with Crippen LogP contribution in [0, 0.1) is 0 Å². The van der Waals surface area contributed by atoms with Crippen LogP contribution in [0.3, 0.4) is 0 Å². The van der Waals surface area contributed by atoms with Crippen molar-refractivity contribution < 1.29 is 4.74 Å². The highest BCUT2D eigenvalue weighted by Crippen LogP contribution is 2.19. The first-order valence-electron chi connectivity index (χ1n) is 5.40. The fourth-order valence-electron chi connectivity index (χ4n) is 1.76. The molecule has 0 unspecified atom stereocenters. The molecule has 0 aliphatic heterocycles. The molecule has 0 aromatic rings. The van der Waals surface area contributed by atoms with Crippen molar-refractivity contribution >= 4 is 0 Å². The molecular formula is C11H21NO. The molecule has 1 fully saturated rings. The molecule has 1 aliphatic rings. The molecule has 0 radical (unpaired) electrons. The molecule has 0 spiro atoms. The number of rotatable bonds is 4. The highest BCUT2D eigenvalue weighted by molar-refractivity contribution is 4.82. The van der Waals surface area contributed by atoms with Crippen LogP contribution in [0.1, 0.15) is 38.5 Å². The van der Waals surface area contributed by atoms with Gasteiger partial charge in [0.05, 0.1) is 12.7 Å². The fourth-order valence-corrected chi connectivity index (χ4v) is 1.76. The van der Waals surface area contributed by atoms with E-state index in [1.54, 1.807) is 0 Å². The first-order valence-corrected chi connectivity index (χ1v) is 5.40. The van der Waals surface area contributed by atoms with E-state index in [2.05, 4.69) is 0 Å². The molecule has 0 heterocycles. The molecule has 2 nitrogen and oxygen atoms in total. The lowest BCUT2D eigenvalue weighted by molar-refractivity contribution is 0.0631. The van der Waals surface area contributed by atoms with Gasteiger partial charge in [-0.2, -0.15) is 0 Å². The Balaban J connectivity index is 2.08. The number of hydrogen-bond donors (Lipinski definition) is 1. The zero-order valence-electron chi connectivity index (χ0n) is 8.37. The lowest BCUT2D eigenvalue weighted by Crippen LogP contribution is -2.11. The average molecular weight is 183 g/mol. The van der Waals surface area contributed by atoms with Crippen LogP contribution in [-0.4, -0.2) is 19.3 Å². The standard InChI is InChI=1S/C11H21NO/c12-9-5-6-10-13-11-7-3-1-2-4-8-11/h5-6,11H,1-4,7-10,12H2. The van der Waals surface area contributed by atoms with Crippen molar-refractivity contribution in [1.29, 1.82) is 0 Å². The normalized spacial score (nSPS) is 20.7. The van der Waals surface area contributed by atoms with E-state index in [0.29, 0.717) is 12.6 Å². The summed E-state index contributed by atoms with van der Waals surface area (Å²) in [4.78, 5) is 0. The van der Waals surface area contributed by atoms with Crippen molar-refractivity contribution in [2.45, 2.75) is 44.6 Å². The molecule has 0 saturated heterocycles. The largest absolute Gasteiger partial charge is 0.374 e. The van der Waals surface area contributed by atoms with Crippen molar-refractivity contribution in [1.82, 2.24) is 0 Å². The lowest BCUT2D eigenvalue weighted by atomic mass is 10.1. The second-order valence-corrected chi connectivity index (χ2v) is 3.65. The molecule has 1 saturated carbocycles. The van der Waals surface area contributed by atoms with Gasteiger partial charge >= 0.3 is 0 Å². The van der Waals surface area contributed by atoms with E-state index in [-0.39, 0.29) is 0 Å². The maximum atomic E-state index is 5.72. The predicted octanol–water partition coefficient (Wildman–Crippen LogP) is 2.24. The van der Waals surface area contributed by atoms with Gasteiger partial charge in [-0.05, 0) is 12.8 Å². The summed E-state index contributed by atoms with van der Waals surface area (Å²) < 4.78 is 5.72. The van der Waals surface area contributed by atoms with E-state index in [9.17, 15) is 0 Å². The summed E-state index contributed by atoms with van der Waals surface area (Å²) in [5.41, 5.74) is 5.33. The number of hydrogen-bond acceptors (Lipinski definition) is 2. The summed E-state index contributed by atoms with van der Waals surface area (Å²) in [6, 6.07) is 0. The van der Waals surface area contributed by atoms with Crippen molar-refractivity contribution in [3.05, 3.63) is 12.2 Å². The molecule has 76 valence electrons. The molecule has 0 atom stereocenters. The minimum Gasteiger partial charge on any atom is -0.374 e. The SMILES string of the molecule is NCC=CCOC1CCCCCC1. The van der Waals surface area contributed by atoms with Crippen LogP contribution in [0.25, 0.3) is 0 Å².